The SMILES string of the molecule is CCCC(=O)Nc1ccc(Cl)c(NCC(=O)NCCc2ccccc2C)c1. The van der Waals surface area contributed by atoms with Gasteiger partial charge < -0.3 is 16.0 Å². The minimum absolute atomic E-state index is 0.0419. The molecule has 0 heterocycles. The molecule has 0 saturated heterocycles. The smallest absolute Gasteiger partial charge is 0.239 e. The second-order valence-electron chi connectivity index (χ2n) is 6.37. The average Bonchev–Trinajstić information content (AvgIpc) is 2.64. The van der Waals surface area contributed by atoms with Crippen molar-refractivity contribution >= 4 is 34.8 Å². The van der Waals surface area contributed by atoms with Crippen molar-refractivity contribution in [2.75, 3.05) is 23.7 Å². The molecule has 27 heavy (non-hydrogen) atoms. The number of carbonyl (C=O) groups excluding carboxylic acids is 2. The van der Waals surface area contributed by atoms with Gasteiger partial charge in [-0.2, -0.15) is 0 Å². The first kappa shape index (κ1) is 20.8. The van der Waals surface area contributed by atoms with Crippen LogP contribution in [0.4, 0.5) is 11.4 Å². The van der Waals surface area contributed by atoms with E-state index in [0.717, 1.165) is 12.8 Å². The standard InChI is InChI=1S/C21H26ClN3O2/c1-3-6-20(26)25-17-9-10-18(22)19(13-17)24-14-21(27)23-12-11-16-8-5-4-7-15(16)2/h4-5,7-10,13,24H,3,6,11-12,14H2,1-2H3,(H,23,27)(H,25,26). The van der Waals surface area contributed by atoms with Gasteiger partial charge in [0.1, 0.15) is 0 Å². The average molecular weight is 388 g/mol. The third-order valence-corrected chi connectivity index (χ3v) is 4.47. The highest BCUT2D eigenvalue weighted by atomic mass is 35.5. The Kier molecular flexibility index (Phi) is 8.14. The van der Waals surface area contributed by atoms with E-state index in [1.807, 2.05) is 19.1 Å². The summed E-state index contributed by atoms with van der Waals surface area (Å²) in [6, 6.07) is 13.3. The molecule has 0 unspecified atom stereocenters. The minimum Gasteiger partial charge on any atom is -0.375 e. The van der Waals surface area contributed by atoms with Crippen LogP contribution in [0, 0.1) is 6.92 Å². The molecule has 0 aliphatic heterocycles. The lowest BCUT2D eigenvalue weighted by Crippen LogP contribution is -2.31. The highest BCUT2D eigenvalue weighted by molar-refractivity contribution is 6.33. The molecule has 2 aromatic carbocycles. The van der Waals surface area contributed by atoms with Crippen LogP contribution in [-0.2, 0) is 16.0 Å². The van der Waals surface area contributed by atoms with Crippen molar-refractivity contribution in [1.29, 1.82) is 0 Å². The largest absolute Gasteiger partial charge is 0.375 e. The van der Waals surface area contributed by atoms with Gasteiger partial charge in [0.2, 0.25) is 11.8 Å². The van der Waals surface area contributed by atoms with E-state index in [4.69, 9.17) is 11.6 Å². The number of rotatable bonds is 9. The maximum absolute atomic E-state index is 12.1. The molecule has 0 spiro atoms. The number of anilines is 2. The third kappa shape index (κ3) is 6.94. The molecule has 2 aromatic rings. The van der Waals surface area contributed by atoms with Crippen LogP contribution in [0.15, 0.2) is 42.5 Å². The van der Waals surface area contributed by atoms with E-state index in [-0.39, 0.29) is 18.4 Å². The zero-order valence-corrected chi connectivity index (χ0v) is 16.5. The van der Waals surface area contributed by atoms with E-state index in [1.165, 1.54) is 11.1 Å². The minimum atomic E-state index is -0.111. The summed E-state index contributed by atoms with van der Waals surface area (Å²) < 4.78 is 0. The van der Waals surface area contributed by atoms with Crippen LogP contribution in [0.1, 0.15) is 30.9 Å². The lowest BCUT2D eigenvalue weighted by atomic mass is 10.1. The predicted molar refractivity (Wildman–Crippen MR) is 111 cm³/mol. The molecule has 2 amide bonds. The lowest BCUT2D eigenvalue weighted by molar-refractivity contribution is -0.119. The van der Waals surface area contributed by atoms with Crippen molar-refractivity contribution < 1.29 is 9.59 Å². The van der Waals surface area contributed by atoms with Crippen molar-refractivity contribution in [2.24, 2.45) is 0 Å². The van der Waals surface area contributed by atoms with E-state index in [9.17, 15) is 9.59 Å². The quantitative estimate of drug-likeness (QED) is 0.605. The van der Waals surface area contributed by atoms with Crippen LogP contribution in [0.25, 0.3) is 0 Å². The molecule has 0 saturated carbocycles. The fraction of sp³-hybridized carbons (Fsp3) is 0.333. The Bertz CT molecular complexity index is 793. The fourth-order valence-electron chi connectivity index (χ4n) is 2.65. The van der Waals surface area contributed by atoms with Crippen LogP contribution in [-0.4, -0.2) is 24.9 Å². The van der Waals surface area contributed by atoms with Gasteiger partial charge in [-0.15, -0.1) is 0 Å². The number of carbonyl (C=O) groups is 2. The number of benzene rings is 2. The van der Waals surface area contributed by atoms with Crippen molar-refractivity contribution in [1.82, 2.24) is 5.32 Å². The topological polar surface area (TPSA) is 70.2 Å². The molecular weight excluding hydrogens is 362 g/mol. The fourth-order valence-corrected chi connectivity index (χ4v) is 2.84. The molecule has 0 aliphatic carbocycles. The molecule has 5 nitrogen and oxygen atoms in total. The van der Waals surface area contributed by atoms with E-state index in [1.54, 1.807) is 18.2 Å². The first-order valence-electron chi connectivity index (χ1n) is 9.14. The molecule has 0 aromatic heterocycles. The van der Waals surface area contributed by atoms with Gasteiger partial charge in [-0.25, -0.2) is 0 Å². The highest BCUT2D eigenvalue weighted by Crippen LogP contribution is 2.25. The molecule has 0 aliphatic rings. The van der Waals surface area contributed by atoms with Crippen molar-refractivity contribution in [3.63, 3.8) is 0 Å². The second-order valence-corrected chi connectivity index (χ2v) is 6.78. The van der Waals surface area contributed by atoms with Gasteiger partial charge in [0.05, 0.1) is 17.3 Å². The number of hydrogen-bond donors (Lipinski definition) is 3. The second kappa shape index (κ2) is 10.6. The zero-order valence-electron chi connectivity index (χ0n) is 15.8. The van der Waals surface area contributed by atoms with Crippen molar-refractivity contribution in [3.8, 4) is 0 Å². The van der Waals surface area contributed by atoms with Gasteiger partial charge >= 0.3 is 0 Å². The predicted octanol–water partition coefficient (Wildman–Crippen LogP) is 4.16. The monoisotopic (exact) mass is 387 g/mol. The van der Waals surface area contributed by atoms with Crippen molar-refractivity contribution in [3.05, 3.63) is 58.6 Å². The number of halogens is 1. The van der Waals surface area contributed by atoms with Crippen LogP contribution >= 0.6 is 11.6 Å². The van der Waals surface area contributed by atoms with Crippen LogP contribution in [0.2, 0.25) is 5.02 Å². The maximum atomic E-state index is 12.1. The van der Waals surface area contributed by atoms with Gasteiger partial charge in [-0.3, -0.25) is 9.59 Å². The summed E-state index contributed by atoms with van der Waals surface area (Å²) in [5, 5.41) is 9.23. The van der Waals surface area contributed by atoms with E-state index < -0.39 is 0 Å². The molecule has 0 radical (unpaired) electrons. The number of amides is 2. The Morgan fingerprint density at radius 1 is 1.07 bits per heavy atom. The molecule has 0 bridgehead atoms. The Labute approximate surface area is 165 Å². The number of aryl methyl sites for hydroxylation is 1. The van der Waals surface area contributed by atoms with Gasteiger partial charge in [0.25, 0.3) is 0 Å². The van der Waals surface area contributed by atoms with Crippen molar-refractivity contribution in [2.45, 2.75) is 33.1 Å². The summed E-state index contributed by atoms with van der Waals surface area (Å²) in [5.74, 6) is -0.153. The van der Waals surface area contributed by atoms with Gasteiger partial charge in [-0.05, 0) is 49.1 Å². The number of hydrogen-bond acceptors (Lipinski definition) is 3. The summed E-state index contributed by atoms with van der Waals surface area (Å²) in [5.41, 5.74) is 3.71. The van der Waals surface area contributed by atoms with Crippen LogP contribution in [0.5, 0.6) is 0 Å². The Balaban J connectivity index is 1.81. The molecule has 0 fully saturated rings. The molecule has 144 valence electrons. The molecule has 0 atom stereocenters. The van der Waals surface area contributed by atoms with Crippen LogP contribution < -0.4 is 16.0 Å². The summed E-state index contributed by atoms with van der Waals surface area (Å²) >= 11 is 6.17. The van der Waals surface area contributed by atoms with Crippen LogP contribution in [0.3, 0.4) is 0 Å². The van der Waals surface area contributed by atoms with Gasteiger partial charge in [-0.1, -0.05) is 42.8 Å². The Morgan fingerprint density at radius 3 is 2.59 bits per heavy atom. The maximum Gasteiger partial charge on any atom is 0.239 e. The van der Waals surface area contributed by atoms with E-state index in [2.05, 4.69) is 35.0 Å². The molecule has 6 heteroatoms. The normalized spacial score (nSPS) is 10.3. The van der Waals surface area contributed by atoms with E-state index >= 15 is 0 Å². The summed E-state index contributed by atoms with van der Waals surface area (Å²) in [7, 11) is 0. The van der Waals surface area contributed by atoms with Gasteiger partial charge in [0, 0.05) is 18.7 Å². The summed E-state index contributed by atoms with van der Waals surface area (Å²) in [6.45, 7) is 4.70. The third-order valence-electron chi connectivity index (χ3n) is 4.14. The molecule has 3 N–H and O–H groups in total. The number of nitrogens with one attached hydrogen (secondary N) is 3. The van der Waals surface area contributed by atoms with E-state index in [0.29, 0.717) is 29.4 Å². The zero-order chi connectivity index (χ0) is 19.6. The Hall–Kier alpha value is -2.53. The summed E-state index contributed by atoms with van der Waals surface area (Å²) in [6.07, 6.45) is 2.04. The summed E-state index contributed by atoms with van der Waals surface area (Å²) in [4.78, 5) is 23.8. The highest BCUT2D eigenvalue weighted by Gasteiger charge is 2.07. The first-order valence-corrected chi connectivity index (χ1v) is 9.52. The molecule has 2 rings (SSSR count). The first-order chi connectivity index (χ1) is 13.0. The van der Waals surface area contributed by atoms with Gasteiger partial charge in [0.15, 0.2) is 0 Å². The lowest BCUT2D eigenvalue weighted by Gasteiger charge is -2.12. The Morgan fingerprint density at radius 2 is 1.85 bits per heavy atom. The molecular formula is C21H26ClN3O2.